The summed E-state index contributed by atoms with van der Waals surface area (Å²) < 4.78 is 11.1. The van der Waals surface area contributed by atoms with E-state index in [1.54, 1.807) is 24.3 Å². The number of nitrogens with zero attached hydrogens (tertiary/aromatic N) is 3. The van der Waals surface area contributed by atoms with Crippen molar-refractivity contribution in [2.24, 2.45) is 11.8 Å². The fourth-order valence-electron chi connectivity index (χ4n) is 7.02. The van der Waals surface area contributed by atoms with Crippen LogP contribution in [0.1, 0.15) is 65.6 Å². The third kappa shape index (κ3) is 10.8. The van der Waals surface area contributed by atoms with Crippen LogP contribution in [-0.4, -0.2) is 64.5 Å². The number of hydrogen-bond donors (Lipinski definition) is 1. The Bertz CT molecular complexity index is 1870. The molecule has 0 radical (unpaired) electrons. The van der Waals surface area contributed by atoms with Crippen molar-refractivity contribution in [2.45, 2.75) is 64.4 Å². The van der Waals surface area contributed by atoms with E-state index < -0.39 is 35.8 Å². The van der Waals surface area contributed by atoms with Crippen LogP contribution in [-0.2, 0) is 48.5 Å². The van der Waals surface area contributed by atoms with Crippen molar-refractivity contribution < 1.29 is 38.3 Å². The molecule has 1 heterocycles. The lowest BCUT2D eigenvalue weighted by atomic mass is 9.92. The van der Waals surface area contributed by atoms with Crippen LogP contribution in [0.25, 0.3) is 0 Å². The van der Waals surface area contributed by atoms with E-state index in [4.69, 9.17) is 14.3 Å². The standard InChI is InChI=1S/C43H46N4O8/c48-31-45(55-30-35-18-8-3-9-19-35)27-37(26-32-12-10-11-13-32)41(50)47-39(24-25-46(47)43(52)54-29-34-16-6-2-7-17-34)40(49)44-38-22-20-36(21-23-38)42(51)53-28-33-14-4-1-5-15-33/h1-9,14-23,31-32,37,39H,10-13,24-30H2,(H,44,49)/t37-,39+/m1/s1. The van der Waals surface area contributed by atoms with E-state index in [9.17, 15) is 24.0 Å². The molecule has 2 aliphatic rings. The molecule has 1 aliphatic heterocycles. The first-order valence-electron chi connectivity index (χ1n) is 18.7. The van der Waals surface area contributed by atoms with E-state index in [-0.39, 0.29) is 45.2 Å². The number of carbonyl (C=O) groups is 5. The highest BCUT2D eigenvalue weighted by molar-refractivity contribution is 5.99. The Hall–Kier alpha value is -6.01. The topological polar surface area (TPSA) is 135 Å². The largest absolute Gasteiger partial charge is 0.457 e. The normalized spacial score (nSPS) is 16.0. The summed E-state index contributed by atoms with van der Waals surface area (Å²) in [5, 5.41) is 6.38. The zero-order chi connectivity index (χ0) is 38.4. The quantitative estimate of drug-likeness (QED) is 0.0742. The minimum absolute atomic E-state index is 0.0209. The molecule has 55 heavy (non-hydrogen) atoms. The Morgan fingerprint density at radius 3 is 1.87 bits per heavy atom. The number of amides is 4. The molecule has 4 amide bonds. The zero-order valence-electron chi connectivity index (χ0n) is 30.7. The Morgan fingerprint density at radius 1 is 0.727 bits per heavy atom. The lowest BCUT2D eigenvalue weighted by molar-refractivity contribution is -0.185. The molecule has 1 aliphatic carbocycles. The fourth-order valence-corrected chi connectivity index (χ4v) is 7.02. The molecule has 1 saturated carbocycles. The fraction of sp³-hybridized carbons (Fsp3) is 0.326. The monoisotopic (exact) mass is 746 g/mol. The maximum atomic E-state index is 14.7. The number of ether oxygens (including phenoxy) is 2. The van der Waals surface area contributed by atoms with Gasteiger partial charge in [0, 0.05) is 12.2 Å². The van der Waals surface area contributed by atoms with Gasteiger partial charge >= 0.3 is 12.1 Å². The van der Waals surface area contributed by atoms with Gasteiger partial charge in [-0.2, -0.15) is 0 Å². The van der Waals surface area contributed by atoms with Gasteiger partial charge < -0.3 is 14.8 Å². The zero-order valence-corrected chi connectivity index (χ0v) is 30.7. The van der Waals surface area contributed by atoms with Gasteiger partial charge in [-0.1, -0.05) is 117 Å². The van der Waals surface area contributed by atoms with Gasteiger partial charge in [-0.3, -0.25) is 19.2 Å². The highest BCUT2D eigenvalue weighted by atomic mass is 16.7. The van der Waals surface area contributed by atoms with Crippen molar-refractivity contribution in [3.8, 4) is 0 Å². The number of carbonyl (C=O) groups excluding carboxylic acids is 5. The van der Waals surface area contributed by atoms with Crippen molar-refractivity contribution in [1.82, 2.24) is 15.1 Å². The van der Waals surface area contributed by atoms with Gasteiger partial charge in [0.15, 0.2) is 0 Å². The maximum Gasteiger partial charge on any atom is 0.429 e. The van der Waals surface area contributed by atoms with Gasteiger partial charge in [-0.15, -0.1) is 0 Å². The van der Waals surface area contributed by atoms with Crippen LogP contribution in [0.5, 0.6) is 0 Å². The highest BCUT2D eigenvalue weighted by Gasteiger charge is 2.46. The van der Waals surface area contributed by atoms with Crippen LogP contribution in [0.4, 0.5) is 10.5 Å². The van der Waals surface area contributed by atoms with Crippen LogP contribution in [0.2, 0.25) is 0 Å². The number of esters is 1. The van der Waals surface area contributed by atoms with Gasteiger partial charge in [-0.05, 0) is 59.7 Å². The van der Waals surface area contributed by atoms with Crippen molar-refractivity contribution in [3.05, 3.63) is 138 Å². The molecular weight excluding hydrogens is 700 g/mol. The molecular formula is C43H46N4O8. The van der Waals surface area contributed by atoms with E-state index in [1.807, 2.05) is 91.0 Å². The third-order valence-electron chi connectivity index (χ3n) is 9.91. The smallest absolute Gasteiger partial charge is 0.429 e. The Balaban J connectivity index is 1.19. The molecule has 0 aromatic heterocycles. The number of rotatable bonds is 16. The summed E-state index contributed by atoms with van der Waals surface area (Å²) in [6, 6.07) is 33.1. The molecule has 2 atom stereocenters. The van der Waals surface area contributed by atoms with Crippen molar-refractivity contribution in [1.29, 1.82) is 0 Å². The molecule has 1 N–H and O–H groups in total. The van der Waals surface area contributed by atoms with Gasteiger partial charge in [0.2, 0.25) is 18.2 Å². The molecule has 0 spiro atoms. The first kappa shape index (κ1) is 38.7. The second kappa shape index (κ2) is 19.4. The molecule has 286 valence electrons. The average molecular weight is 747 g/mol. The Morgan fingerprint density at radius 2 is 1.29 bits per heavy atom. The highest BCUT2D eigenvalue weighted by Crippen LogP contribution is 2.33. The van der Waals surface area contributed by atoms with Gasteiger partial charge in [0.25, 0.3) is 0 Å². The SMILES string of the molecule is O=CN(C[C@@H](CC1CCCC1)C(=O)N1[C@H](C(=O)Nc2ccc(C(=O)OCc3ccccc3)cc2)CCN1C(=O)OCc1ccccc1)OCc1ccccc1. The Kier molecular flexibility index (Phi) is 13.6. The number of hydroxylamine groups is 2. The average Bonchev–Trinajstić information content (AvgIpc) is 3.92. The summed E-state index contributed by atoms with van der Waals surface area (Å²) >= 11 is 0. The molecule has 12 nitrogen and oxygen atoms in total. The van der Waals surface area contributed by atoms with Crippen LogP contribution in [0.15, 0.2) is 115 Å². The number of hydrazine groups is 1. The minimum Gasteiger partial charge on any atom is -0.457 e. The molecule has 4 aromatic rings. The van der Waals surface area contributed by atoms with Crippen LogP contribution >= 0.6 is 0 Å². The van der Waals surface area contributed by atoms with Gasteiger partial charge in [0.1, 0.15) is 25.9 Å². The first-order chi connectivity index (χ1) is 26.9. The van der Waals surface area contributed by atoms with Gasteiger partial charge in [0.05, 0.1) is 18.0 Å². The molecule has 4 aromatic carbocycles. The Labute approximate surface area is 320 Å². The molecule has 12 heteroatoms. The summed E-state index contributed by atoms with van der Waals surface area (Å²) in [5.41, 5.74) is 3.19. The number of nitrogens with one attached hydrogen (secondary N) is 1. The van der Waals surface area contributed by atoms with E-state index in [2.05, 4.69) is 5.32 Å². The van der Waals surface area contributed by atoms with Crippen LogP contribution < -0.4 is 5.32 Å². The predicted molar refractivity (Wildman–Crippen MR) is 203 cm³/mol. The lowest BCUT2D eigenvalue weighted by Crippen LogP contribution is -2.55. The van der Waals surface area contributed by atoms with Crippen molar-refractivity contribution >= 4 is 36.0 Å². The van der Waals surface area contributed by atoms with E-state index in [0.717, 1.165) is 47.4 Å². The van der Waals surface area contributed by atoms with E-state index in [0.29, 0.717) is 24.1 Å². The first-order valence-corrected chi connectivity index (χ1v) is 18.7. The molecule has 2 fully saturated rings. The van der Waals surface area contributed by atoms with E-state index in [1.165, 1.54) is 10.0 Å². The van der Waals surface area contributed by atoms with E-state index >= 15 is 0 Å². The minimum atomic E-state index is -1.06. The predicted octanol–water partition coefficient (Wildman–Crippen LogP) is 6.92. The molecule has 0 bridgehead atoms. The number of benzene rings is 4. The summed E-state index contributed by atoms with van der Waals surface area (Å²) in [6.07, 6.45) is 4.37. The van der Waals surface area contributed by atoms with Crippen LogP contribution in [0.3, 0.4) is 0 Å². The number of anilines is 1. The second-order valence-electron chi connectivity index (χ2n) is 13.8. The summed E-state index contributed by atoms with van der Waals surface area (Å²) in [7, 11) is 0. The van der Waals surface area contributed by atoms with Gasteiger partial charge in [-0.25, -0.2) is 24.7 Å². The molecule has 1 saturated heterocycles. The summed E-state index contributed by atoms with van der Waals surface area (Å²) in [6.45, 7) is 0.222. The van der Waals surface area contributed by atoms with Crippen molar-refractivity contribution in [3.63, 3.8) is 0 Å². The lowest BCUT2D eigenvalue weighted by Gasteiger charge is -2.35. The summed E-state index contributed by atoms with van der Waals surface area (Å²) in [4.78, 5) is 73.2. The van der Waals surface area contributed by atoms with Crippen LogP contribution in [0, 0.1) is 11.8 Å². The molecule has 6 rings (SSSR count). The maximum absolute atomic E-state index is 14.7. The summed E-state index contributed by atoms with van der Waals surface area (Å²) in [5.74, 6) is -2.04. The molecule has 0 unspecified atom stereocenters. The van der Waals surface area contributed by atoms with Crippen molar-refractivity contribution in [2.75, 3.05) is 18.4 Å². The second-order valence-corrected chi connectivity index (χ2v) is 13.8. The number of hydrogen-bond acceptors (Lipinski definition) is 8. The third-order valence-corrected chi connectivity index (χ3v) is 9.91.